The number of ether oxygens (including phenoxy) is 2. The van der Waals surface area contributed by atoms with Crippen LogP contribution in [0.4, 0.5) is 0 Å². The number of carbonyl (C=O) groups excluding carboxylic acids is 2. The molecule has 0 atom stereocenters. The fourth-order valence-corrected chi connectivity index (χ4v) is 5.40. The number of hydrogen-bond donors (Lipinski definition) is 0. The van der Waals surface area contributed by atoms with Gasteiger partial charge in [-0.25, -0.2) is 0 Å². The number of rotatable bonds is 12. The zero-order valence-electron chi connectivity index (χ0n) is 22.7. The van der Waals surface area contributed by atoms with E-state index in [1.807, 2.05) is 70.9 Å². The summed E-state index contributed by atoms with van der Waals surface area (Å²) in [5.74, 6) is 1.01. The summed E-state index contributed by atoms with van der Waals surface area (Å²) in [6, 6.07) is 21.4. The molecule has 4 aromatic rings. The highest BCUT2D eigenvalue weighted by atomic mass is 32.1. The third-order valence-electron chi connectivity index (χ3n) is 6.73. The lowest BCUT2D eigenvalue weighted by Gasteiger charge is -2.27. The third-order valence-corrected chi connectivity index (χ3v) is 7.74. The summed E-state index contributed by atoms with van der Waals surface area (Å²) in [5, 5.41) is 4.08. The molecule has 0 aliphatic rings. The Balaban J connectivity index is 1.54. The van der Waals surface area contributed by atoms with Crippen molar-refractivity contribution in [3.8, 4) is 11.5 Å². The van der Waals surface area contributed by atoms with Crippen LogP contribution in [0.15, 0.2) is 84.8 Å². The van der Waals surface area contributed by atoms with Gasteiger partial charge in [0, 0.05) is 23.5 Å². The van der Waals surface area contributed by atoms with Crippen LogP contribution in [0.3, 0.4) is 0 Å². The molecule has 6 nitrogen and oxygen atoms in total. The second kappa shape index (κ2) is 13.1. The number of thiophene rings is 1. The van der Waals surface area contributed by atoms with Gasteiger partial charge in [0.05, 0.1) is 20.8 Å². The van der Waals surface area contributed by atoms with E-state index in [4.69, 9.17) is 9.47 Å². The molecule has 0 radical (unpaired) electrons. The molecule has 0 fully saturated rings. The van der Waals surface area contributed by atoms with Gasteiger partial charge < -0.3 is 19.3 Å². The monoisotopic (exact) mass is 542 g/mol. The molecule has 7 heteroatoms. The number of aryl methyl sites for hydroxylation is 1. The number of methoxy groups -OCH3 is 2. The molecule has 39 heavy (non-hydrogen) atoms. The highest BCUT2D eigenvalue weighted by molar-refractivity contribution is 7.10. The van der Waals surface area contributed by atoms with Gasteiger partial charge in [0.1, 0.15) is 6.54 Å². The number of fused-ring (bicyclic) bond motifs is 1. The summed E-state index contributed by atoms with van der Waals surface area (Å²) in [7, 11) is 3.22. The molecule has 0 bridgehead atoms. The predicted octanol–water partition coefficient (Wildman–Crippen LogP) is 6.13. The first-order chi connectivity index (χ1) is 18.9. The second-order valence-electron chi connectivity index (χ2n) is 9.32. The van der Waals surface area contributed by atoms with Gasteiger partial charge in [0.2, 0.25) is 5.91 Å². The first kappa shape index (κ1) is 27.9. The molecular weight excluding hydrogens is 508 g/mol. The van der Waals surface area contributed by atoms with Crippen molar-refractivity contribution in [2.24, 2.45) is 0 Å². The van der Waals surface area contributed by atoms with Crippen molar-refractivity contribution in [2.75, 3.05) is 33.9 Å². The molecule has 0 aliphatic heterocycles. The minimum Gasteiger partial charge on any atom is -0.493 e. The molecule has 0 saturated carbocycles. The average molecular weight is 543 g/mol. The van der Waals surface area contributed by atoms with Crippen LogP contribution in [0.5, 0.6) is 11.5 Å². The molecular formula is C32H34N2O4S. The SMILES string of the molecule is C=CCN(CC(=O)N(CCc1ccc(OC)c(OC)c1)Cc1sccc1C)C(=O)c1ccc2ccccc2c1. The Labute approximate surface area is 234 Å². The Hall–Kier alpha value is -4.10. The first-order valence-corrected chi connectivity index (χ1v) is 13.7. The molecule has 3 aromatic carbocycles. The highest BCUT2D eigenvalue weighted by Crippen LogP contribution is 2.28. The Kier molecular flexibility index (Phi) is 9.39. The summed E-state index contributed by atoms with van der Waals surface area (Å²) in [4.78, 5) is 31.7. The van der Waals surface area contributed by atoms with Crippen molar-refractivity contribution in [3.05, 3.63) is 106 Å². The molecule has 0 saturated heterocycles. The molecule has 1 heterocycles. The zero-order chi connectivity index (χ0) is 27.8. The summed E-state index contributed by atoms with van der Waals surface area (Å²) in [5.41, 5.74) is 2.73. The van der Waals surface area contributed by atoms with Crippen molar-refractivity contribution in [2.45, 2.75) is 19.9 Å². The summed E-state index contributed by atoms with van der Waals surface area (Å²) >= 11 is 1.63. The number of amides is 2. The van der Waals surface area contributed by atoms with Crippen molar-refractivity contribution < 1.29 is 19.1 Å². The van der Waals surface area contributed by atoms with Gasteiger partial charge in [-0.05, 0) is 71.0 Å². The molecule has 4 rings (SSSR count). The van der Waals surface area contributed by atoms with Crippen LogP contribution >= 0.6 is 11.3 Å². The van der Waals surface area contributed by atoms with Gasteiger partial charge >= 0.3 is 0 Å². The van der Waals surface area contributed by atoms with Gasteiger partial charge in [-0.3, -0.25) is 9.59 Å². The molecule has 1 aromatic heterocycles. The van der Waals surface area contributed by atoms with E-state index in [9.17, 15) is 9.59 Å². The van der Waals surface area contributed by atoms with Crippen LogP contribution in [-0.2, 0) is 17.8 Å². The fraction of sp³-hybridized carbons (Fsp3) is 0.250. The Bertz CT molecular complexity index is 1460. The van der Waals surface area contributed by atoms with Crippen molar-refractivity contribution in [1.82, 2.24) is 9.80 Å². The Morgan fingerprint density at radius 1 is 0.923 bits per heavy atom. The van der Waals surface area contributed by atoms with E-state index in [-0.39, 0.29) is 24.9 Å². The van der Waals surface area contributed by atoms with Gasteiger partial charge in [0.25, 0.3) is 5.91 Å². The van der Waals surface area contributed by atoms with Gasteiger partial charge in [0.15, 0.2) is 11.5 Å². The average Bonchev–Trinajstić information content (AvgIpc) is 3.37. The second-order valence-corrected chi connectivity index (χ2v) is 10.3. The largest absolute Gasteiger partial charge is 0.493 e. The van der Waals surface area contributed by atoms with E-state index < -0.39 is 0 Å². The van der Waals surface area contributed by atoms with Crippen molar-refractivity contribution in [1.29, 1.82) is 0 Å². The van der Waals surface area contributed by atoms with E-state index in [0.717, 1.165) is 26.8 Å². The van der Waals surface area contributed by atoms with E-state index in [1.165, 1.54) is 0 Å². The summed E-state index contributed by atoms with van der Waals surface area (Å²) in [6.07, 6.45) is 2.29. The summed E-state index contributed by atoms with van der Waals surface area (Å²) in [6.45, 7) is 7.10. The lowest BCUT2D eigenvalue weighted by atomic mass is 10.1. The maximum Gasteiger partial charge on any atom is 0.254 e. The van der Waals surface area contributed by atoms with Crippen LogP contribution in [0.2, 0.25) is 0 Å². The smallest absolute Gasteiger partial charge is 0.254 e. The summed E-state index contributed by atoms with van der Waals surface area (Å²) < 4.78 is 10.8. The maximum absolute atomic E-state index is 13.7. The minimum absolute atomic E-state index is 0.0337. The van der Waals surface area contributed by atoms with E-state index in [0.29, 0.717) is 36.6 Å². The molecule has 202 valence electrons. The molecule has 2 amide bonds. The Morgan fingerprint density at radius 3 is 2.38 bits per heavy atom. The van der Waals surface area contributed by atoms with Crippen LogP contribution < -0.4 is 9.47 Å². The zero-order valence-corrected chi connectivity index (χ0v) is 23.5. The van der Waals surface area contributed by atoms with E-state index in [2.05, 4.69) is 19.6 Å². The maximum atomic E-state index is 13.7. The van der Waals surface area contributed by atoms with Crippen LogP contribution in [0.1, 0.15) is 26.4 Å². The van der Waals surface area contributed by atoms with Gasteiger partial charge in [-0.15, -0.1) is 17.9 Å². The fourth-order valence-electron chi connectivity index (χ4n) is 4.47. The molecule has 0 unspecified atom stereocenters. The number of carbonyl (C=O) groups is 2. The Morgan fingerprint density at radius 2 is 1.69 bits per heavy atom. The van der Waals surface area contributed by atoms with Crippen LogP contribution in [-0.4, -0.2) is 55.5 Å². The normalized spacial score (nSPS) is 10.7. The molecule has 0 spiro atoms. The van der Waals surface area contributed by atoms with E-state index in [1.54, 1.807) is 36.5 Å². The first-order valence-electron chi connectivity index (χ1n) is 12.8. The molecule has 0 aliphatic carbocycles. The standard InChI is InChI=1S/C32H34N2O4S/c1-5-16-34(32(36)27-12-11-25-8-6-7-9-26(25)20-27)22-31(35)33(21-30-23(2)15-18-39-30)17-14-24-10-13-28(37-3)29(19-24)38-4/h5-13,15,18-20H,1,14,16-17,21-22H2,2-4H3. The van der Waals surface area contributed by atoms with E-state index >= 15 is 0 Å². The number of hydrogen-bond acceptors (Lipinski definition) is 5. The van der Waals surface area contributed by atoms with Crippen LogP contribution in [0.25, 0.3) is 10.8 Å². The lowest BCUT2D eigenvalue weighted by molar-refractivity contribution is -0.132. The quantitative estimate of drug-likeness (QED) is 0.202. The number of nitrogens with zero attached hydrogens (tertiary/aromatic N) is 2. The lowest BCUT2D eigenvalue weighted by Crippen LogP contribution is -2.43. The van der Waals surface area contributed by atoms with Gasteiger partial charge in [-0.1, -0.05) is 42.5 Å². The third kappa shape index (κ3) is 6.86. The van der Waals surface area contributed by atoms with Crippen molar-refractivity contribution in [3.63, 3.8) is 0 Å². The van der Waals surface area contributed by atoms with Crippen LogP contribution in [0, 0.1) is 6.92 Å². The predicted molar refractivity (Wildman–Crippen MR) is 158 cm³/mol. The van der Waals surface area contributed by atoms with Gasteiger partial charge in [-0.2, -0.15) is 0 Å². The topological polar surface area (TPSA) is 59.1 Å². The van der Waals surface area contributed by atoms with Crippen molar-refractivity contribution >= 4 is 33.9 Å². The highest BCUT2D eigenvalue weighted by Gasteiger charge is 2.23. The minimum atomic E-state index is -0.193. The molecule has 0 N–H and O–H groups in total. The number of benzene rings is 3.